The maximum atomic E-state index is 13.1. The van der Waals surface area contributed by atoms with Crippen molar-refractivity contribution < 1.29 is 28.6 Å². The molecule has 0 radical (unpaired) electrons. The van der Waals surface area contributed by atoms with Crippen LogP contribution in [0.4, 0.5) is 0 Å². The average Bonchev–Trinajstić information content (AvgIpc) is 3.02. The van der Waals surface area contributed by atoms with Crippen molar-refractivity contribution in [2.24, 2.45) is 0 Å². The van der Waals surface area contributed by atoms with Crippen molar-refractivity contribution in [1.82, 2.24) is 4.40 Å². The van der Waals surface area contributed by atoms with Gasteiger partial charge in [0, 0.05) is 11.6 Å². The molecule has 7 heteroatoms. The number of hydrogen-bond acceptors (Lipinski definition) is 6. The van der Waals surface area contributed by atoms with E-state index >= 15 is 0 Å². The first-order valence-electron chi connectivity index (χ1n) is 9.32. The van der Waals surface area contributed by atoms with E-state index in [0.717, 1.165) is 5.39 Å². The molecule has 0 aliphatic rings. The van der Waals surface area contributed by atoms with E-state index in [1.54, 1.807) is 40.0 Å². The van der Waals surface area contributed by atoms with Crippen molar-refractivity contribution in [1.29, 1.82) is 0 Å². The zero-order valence-electron chi connectivity index (χ0n) is 17.0. The van der Waals surface area contributed by atoms with Gasteiger partial charge in [-0.05, 0) is 39.1 Å². The van der Waals surface area contributed by atoms with Crippen molar-refractivity contribution in [3.63, 3.8) is 0 Å². The number of carbonyl (C=O) groups excluding carboxylic acids is 3. The second-order valence-electron chi connectivity index (χ2n) is 7.12. The fourth-order valence-corrected chi connectivity index (χ4v) is 3.26. The van der Waals surface area contributed by atoms with Crippen LogP contribution in [-0.4, -0.2) is 41.6 Å². The van der Waals surface area contributed by atoms with Gasteiger partial charge in [0.05, 0.1) is 24.8 Å². The SMILES string of the molecule is COC(=O)c1c(C(=O)OC(C)C)c(C(=O)OC(C)C)c2c3ccccc3ccn12. The van der Waals surface area contributed by atoms with Crippen molar-refractivity contribution in [2.45, 2.75) is 39.9 Å². The number of benzene rings is 1. The van der Waals surface area contributed by atoms with E-state index < -0.39 is 30.1 Å². The van der Waals surface area contributed by atoms with Crippen molar-refractivity contribution >= 4 is 34.2 Å². The molecule has 0 atom stereocenters. The van der Waals surface area contributed by atoms with Crippen LogP contribution in [0.25, 0.3) is 16.3 Å². The Morgan fingerprint density at radius 2 is 1.41 bits per heavy atom. The number of methoxy groups -OCH3 is 1. The minimum absolute atomic E-state index is 0.0125. The molecule has 0 spiro atoms. The topological polar surface area (TPSA) is 83.3 Å². The first kappa shape index (κ1) is 20.4. The molecule has 152 valence electrons. The van der Waals surface area contributed by atoms with Crippen molar-refractivity contribution in [3.05, 3.63) is 53.3 Å². The number of fused-ring (bicyclic) bond motifs is 3. The third-order valence-corrected chi connectivity index (χ3v) is 4.30. The molecule has 0 amide bonds. The molecule has 0 fully saturated rings. The molecule has 0 aliphatic carbocycles. The number of carbonyl (C=O) groups is 3. The Morgan fingerprint density at radius 1 is 0.828 bits per heavy atom. The van der Waals surface area contributed by atoms with Gasteiger partial charge in [-0.25, -0.2) is 14.4 Å². The van der Waals surface area contributed by atoms with Gasteiger partial charge in [-0.1, -0.05) is 24.3 Å². The Hall–Kier alpha value is -3.35. The maximum absolute atomic E-state index is 13.1. The van der Waals surface area contributed by atoms with Crippen LogP contribution in [0.3, 0.4) is 0 Å². The molecule has 3 aromatic rings. The normalized spacial score (nSPS) is 11.3. The zero-order valence-corrected chi connectivity index (χ0v) is 17.0. The molecule has 2 aromatic heterocycles. The lowest BCUT2D eigenvalue weighted by Gasteiger charge is -2.11. The lowest BCUT2D eigenvalue weighted by atomic mass is 10.1. The van der Waals surface area contributed by atoms with E-state index in [0.29, 0.717) is 10.9 Å². The number of ether oxygens (including phenoxy) is 3. The van der Waals surface area contributed by atoms with Gasteiger partial charge in [0.25, 0.3) is 0 Å². The highest BCUT2D eigenvalue weighted by Crippen LogP contribution is 2.32. The Balaban J connectivity index is 2.48. The number of esters is 3. The van der Waals surface area contributed by atoms with E-state index in [2.05, 4.69) is 0 Å². The second kappa shape index (κ2) is 7.95. The average molecular weight is 397 g/mol. The summed E-state index contributed by atoms with van der Waals surface area (Å²) in [7, 11) is 1.21. The van der Waals surface area contributed by atoms with Crippen LogP contribution < -0.4 is 0 Å². The first-order valence-corrected chi connectivity index (χ1v) is 9.32. The number of pyridine rings is 1. The molecule has 3 rings (SSSR count). The number of aromatic nitrogens is 1. The van der Waals surface area contributed by atoms with E-state index in [1.165, 1.54) is 11.5 Å². The van der Waals surface area contributed by atoms with Gasteiger partial charge in [-0.15, -0.1) is 0 Å². The summed E-state index contributed by atoms with van der Waals surface area (Å²) < 4.78 is 17.1. The maximum Gasteiger partial charge on any atom is 0.355 e. The summed E-state index contributed by atoms with van der Waals surface area (Å²) in [5.41, 5.74) is 0.147. The highest BCUT2D eigenvalue weighted by atomic mass is 16.6. The molecule has 0 aliphatic heterocycles. The molecule has 0 unspecified atom stereocenters. The number of nitrogens with zero attached hydrogens (tertiary/aromatic N) is 1. The third-order valence-electron chi connectivity index (χ3n) is 4.30. The fourth-order valence-electron chi connectivity index (χ4n) is 3.26. The van der Waals surface area contributed by atoms with Gasteiger partial charge in [0.15, 0.2) is 0 Å². The van der Waals surface area contributed by atoms with E-state index in [-0.39, 0.29) is 16.8 Å². The molecular formula is C22H23NO6. The number of hydrogen-bond donors (Lipinski definition) is 0. The van der Waals surface area contributed by atoms with Crippen LogP contribution in [-0.2, 0) is 14.2 Å². The Kier molecular flexibility index (Phi) is 5.59. The van der Waals surface area contributed by atoms with Crippen LogP contribution in [0.15, 0.2) is 36.5 Å². The van der Waals surface area contributed by atoms with E-state index in [1.807, 2.05) is 24.3 Å². The molecule has 7 nitrogen and oxygen atoms in total. The molecule has 0 saturated carbocycles. The predicted octanol–water partition coefficient (Wildman–Crippen LogP) is 4.01. The summed E-state index contributed by atoms with van der Waals surface area (Å²) in [6.45, 7) is 6.79. The van der Waals surface area contributed by atoms with Gasteiger partial charge in [0.1, 0.15) is 16.8 Å². The minimum Gasteiger partial charge on any atom is -0.464 e. The summed E-state index contributed by atoms with van der Waals surface area (Å²) in [6.07, 6.45) is 0.770. The lowest BCUT2D eigenvalue weighted by Crippen LogP contribution is -2.20. The zero-order chi connectivity index (χ0) is 21.3. The second-order valence-corrected chi connectivity index (χ2v) is 7.12. The van der Waals surface area contributed by atoms with Gasteiger partial charge in [-0.3, -0.25) is 0 Å². The monoisotopic (exact) mass is 397 g/mol. The first-order chi connectivity index (χ1) is 13.8. The van der Waals surface area contributed by atoms with Crippen LogP contribution in [0, 0.1) is 0 Å². The van der Waals surface area contributed by atoms with Crippen LogP contribution >= 0.6 is 0 Å². The summed E-state index contributed by atoms with van der Waals surface area (Å²) in [4.78, 5) is 38.6. The van der Waals surface area contributed by atoms with Gasteiger partial charge in [-0.2, -0.15) is 0 Å². The Morgan fingerprint density at radius 3 is 2.00 bits per heavy atom. The lowest BCUT2D eigenvalue weighted by molar-refractivity contribution is 0.0326. The summed E-state index contributed by atoms with van der Waals surface area (Å²) in [5.74, 6) is -2.25. The summed E-state index contributed by atoms with van der Waals surface area (Å²) in [6, 6.07) is 9.17. The summed E-state index contributed by atoms with van der Waals surface area (Å²) in [5, 5.41) is 1.54. The predicted molar refractivity (Wildman–Crippen MR) is 107 cm³/mol. The van der Waals surface area contributed by atoms with Gasteiger partial charge >= 0.3 is 17.9 Å². The van der Waals surface area contributed by atoms with E-state index in [4.69, 9.17) is 14.2 Å². The summed E-state index contributed by atoms with van der Waals surface area (Å²) >= 11 is 0. The van der Waals surface area contributed by atoms with Crippen molar-refractivity contribution in [2.75, 3.05) is 7.11 Å². The van der Waals surface area contributed by atoms with Gasteiger partial charge < -0.3 is 18.6 Å². The fraction of sp³-hybridized carbons (Fsp3) is 0.318. The largest absolute Gasteiger partial charge is 0.464 e. The molecule has 29 heavy (non-hydrogen) atoms. The smallest absolute Gasteiger partial charge is 0.355 e. The van der Waals surface area contributed by atoms with Crippen LogP contribution in [0.5, 0.6) is 0 Å². The minimum atomic E-state index is -0.788. The van der Waals surface area contributed by atoms with Crippen LogP contribution in [0.1, 0.15) is 58.9 Å². The van der Waals surface area contributed by atoms with E-state index in [9.17, 15) is 14.4 Å². The molecule has 0 bridgehead atoms. The highest BCUT2D eigenvalue weighted by molar-refractivity contribution is 6.18. The highest BCUT2D eigenvalue weighted by Gasteiger charge is 2.35. The van der Waals surface area contributed by atoms with Crippen molar-refractivity contribution in [3.8, 4) is 0 Å². The molecule has 1 aromatic carbocycles. The molecule has 2 heterocycles. The third kappa shape index (κ3) is 3.68. The molecular weight excluding hydrogens is 374 g/mol. The van der Waals surface area contributed by atoms with Gasteiger partial charge in [0.2, 0.25) is 0 Å². The van der Waals surface area contributed by atoms with Crippen LogP contribution in [0.2, 0.25) is 0 Å². The number of rotatable bonds is 5. The Bertz CT molecular complexity index is 1110. The Labute approximate surface area is 168 Å². The quantitative estimate of drug-likeness (QED) is 0.478. The molecule has 0 N–H and O–H groups in total. The molecule has 0 saturated heterocycles. The standard InChI is InChI=1S/C22H23NO6/c1-12(2)28-20(24)16-17(21(25)29-13(3)4)19(22(26)27-5)23-11-10-14-8-6-7-9-15(14)18(16)23/h6-13H,1-5H3.